The maximum Gasteiger partial charge on any atom is 0.144 e. The van der Waals surface area contributed by atoms with Crippen molar-refractivity contribution in [3.8, 4) is 0 Å². The van der Waals surface area contributed by atoms with Crippen LogP contribution in [0.15, 0.2) is 24.5 Å². The van der Waals surface area contributed by atoms with Crippen molar-refractivity contribution >= 4 is 34.2 Å². The lowest BCUT2D eigenvalue weighted by Crippen LogP contribution is -2.07. The molecule has 0 saturated heterocycles. The molecule has 0 amide bonds. The lowest BCUT2D eigenvalue weighted by Gasteiger charge is -2.08. The number of rotatable bonds is 5. The second kappa shape index (κ2) is 5.99. The quantitative estimate of drug-likeness (QED) is 0.676. The minimum absolute atomic E-state index is 0.0656. The van der Waals surface area contributed by atoms with Gasteiger partial charge in [-0.3, -0.25) is 4.68 Å². The Kier molecular flexibility index (Phi) is 4.07. The topological polar surface area (TPSA) is 48.5 Å². The molecule has 0 fully saturated rings. The van der Waals surface area contributed by atoms with Crippen LogP contribution in [-0.2, 0) is 19.0 Å². The molecule has 1 aromatic carbocycles. The SMILES string of the molecule is Fc1cc2c(cc1Cl)nc(CCl)n2CCCn1ccnn1. The molecule has 0 saturated carbocycles. The van der Waals surface area contributed by atoms with Gasteiger partial charge in [0.25, 0.3) is 0 Å². The Hall–Kier alpha value is -1.66. The van der Waals surface area contributed by atoms with Gasteiger partial charge in [0.2, 0.25) is 0 Å². The highest BCUT2D eigenvalue weighted by Gasteiger charge is 2.13. The molecule has 0 bridgehead atoms. The molecule has 110 valence electrons. The van der Waals surface area contributed by atoms with Gasteiger partial charge in [0.05, 0.1) is 28.1 Å². The first kappa shape index (κ1) is 14.3. The van der Waals surface area contributed by atoms with Crippen molar-refractivity contribution in [1.82, 2.24) is 24.5 Å². The van der Waals surface area contributed by atoms with E-state index in [1.54, 1.807) is 17.1 Å². The standard InChI is InChI=1S/C13H12Cl2FN5/c14-8-13-18-11-6-9(15)10(16)7-12(11)21(13)4-1-3-20-5-2-17-19-20/h2,5-7H,1,3-4,8H2. The van der Waals surface area contributed by atoms with Crippen LogP contribution >= 0.6 is 23.2 Å². The van der Waals surface area contributed by atoms with Gasteiger partial charge in [-0.1, -0.05) is 16.8 Å². The molecule has 0 aliphatic carbocycles. The molecule has 3 rings (SSSR count). The molecule has 2 heterocycles. The second-order valence-corrected chi connectivity index (χ2v) is 5.26. The maximum absolute atomic E-state index is 13.7. The van der Waals surface area contributed by atoms with Crippen LogP contribution in [0, 0.1) is 5.82 Å². The Morgan fingerprint density at radius 1 is 1.24 bits per heavy atom. The number of benzene rings is 1. The fraction of sp³-hybridized carbons (Fsp3) is 0.308. The van der Waals surface area contributed by atoms with Crippen molar-refractivity contribution in [2.75, 3.05) is 0 Å². The van der Waals surface area contributed by atoms with Crippen molar-refractivity contribution < 1.29 is 4.39 Å². The lowest BCUT2D eigenvalue weighted by atomic mass is 10.3. The van der Waals surface area contributed by atoms with Crippen LogP contribution in [0.25, 0.3) is 11.0 Å². The van der Waals surface area contributed by atoms with E-state index in [4.69, 9.17) is 23.2 Å². The molecule has 0 N–H and O–H groups in total. The number of fused-ring (bicyclic) bond motifs is 1. The zero-order chi connectivity index (χ0) is 14.8. The van der Waals surface area contributed by atoms with E-state index < -0.39 is 5.82 Å². The summed E-state index contributed by atoms with van der Waals surface area (Å²) in [5.74, 6) is 0.506. The molecule has 0 radical (unpaired) electrons. The van der Waals surface area contributed by atoms with Gasteiger partial charge in [0, 0.05) is 25.4 Å². The smallest absolute Gasteiger partial charge is 0.144 e. The molecule has 0 unspecified atom stereocenters. The normalized spacial score (nSPS) is 11.4. The fourth-order valence-electron chi connectivity index (χ4n) is 2.26. The highest BCUT2D eigenvalue weighted by molar-refractivity contribution is 6.31. The van der Waals surface area contributed by atoms with Crippen LogP contribution in [0.4, 0.5) is 4.39 Å². The highest BCUT2D eigenvalue weighted by Crippen LogP contribution is 2.24. The summed E-state index contributed by atoms with van der Waals surface area (Å²) in [5, 5.41) is 7.72. The van der Waals surface area contributed by atoms with E-state index in [0.717, 1.165) is 13.0 Å². The molecule has 0 aliphatic heterocycles. The van der Waals surface area contributed by atoms with Gasteiger partial charge in [-0.05, 0) is 12.5 Å². The zero-order valence-electron chi connectivity index (χ0n) is 11.0. The molecule has 0 spiro atoms. The number of halogens is 3. The number of alkyl halides is 1. The van der Waals surface area contributed by atoms with Gasteiger partial charge in [-0.2, -0.15) is 0 Å². The summed E-state index contributed by atoms with van der Waals surface area (Å²) in [6, 6.07) is 2.92. The summed E-state index contributed by atoms with van der Waals surface area (Å²) >= 11 is 11.7. The Bertz CT molecular complexity index is 754. The molecular weight excluding hydrogens is 316 g/mol. The zero-order valence-corrected chi connectivity index (χ0v) is 12.5. The first-order valence-electron chi connectivity index (χ1n) is 6.43. The van der Waals surface area contributed by atoms with Crippen LogP contribution in [-0.4, -0.2) is 24.5 Å². The number of imidazole rings is 1. The largest absolute Gasteiger partial charge is 0.327 e. The number of nitrogens with zero attached hydrogens (tertiary/aromatic N) is 5. The summed E-state index contributed by atoms with van der Waals surface area (Å²) < 4.78 is 17.3. The van der Waals surface area contributed by atoms with Gasteiger partial charge in [0.1, 0.15) is 11.6 Å². The van der Waals surface area contributed by atoms with Crippen LogP contribution in [0.3, 0.4) is 0 Å². The average molecular weight is 328 g/mol. The Morgan fingerprint density at radius 2 is 2.10 bits per heavy atom. The highest BCUT2D eigenvalue weighted by atomic mass is 35.5. The van der Waals surface area contributed by atoms with Crippen molar-refractivity contribution in [3.05, 3.63) is 41.2 Å². The third-order valence-electron chi connectivity index (χ3n) is 3.23. The molecule has 21 heavy (non-hydrogen) atoms. The van der Waals surface area contributed by atoms with E-state index in [9.17, 15) is 4.39 Å². The molecule has 3 aromatic rings. The van der Waals surface area contributed by atoms with E-state index >= 15 is 0 Å². The first-order valence-corrected chi connectivity index (χ1v) is 7.34. The summed E-state index contributed by atoms with van der Waals surface area (Å²) in [6.45, 7) is 1.39. The Morgan fingerprint density at radius 3 is 2.81 bits per heavy atom. The van der Waals surface area contributed by atoms with Crippen molar-refractivity contribution in [3.63, 3.8) is 0 Å². The molecule has 8 heteroatoms. The summed E-state index contributed by atoms with van der Waals surface area (Å²) in [5.41, 5.74) is 1.35. The predicted octanol–water partition coefficient (Wildman–Crippen LogP) is 3.25. The van der Waals surface area contributed by atoms with Crippen LogP contribution < -0.4 is 0 Å². The lowest BCUT2D eigenvalue weighted by molar-refractivity contribution is 0.514. The number of hydrogen-bond acceptors (Lipinski definition) is 3. The minimum atomic E-state index is -0.456. The van der Waals surface area contributed by atoms with Crippen molar-refractivity contribution in [1.29, 1.82) is 0 Å². The Labute approximate surface area is 130 Å². The van der Waals surface area contributed by atoms with Gasteiger partial charge < -0.3 is 4.57 Å². The number of aromatic nitrogens is 5. The summed E-state index contributed by atoms with van der Waals surface area (Å²) in [4.78, 5) is 4.39. The van der Waals surface area contributed by atoms with E-state index in [1.807, 2.05) is 4.57 Å². The van der Waals surface area contributed by atoms with E-state index in [-0.39, 0.29) is 10.9 Å². The van der Waals surface area contributed by atoms with Crippen molar-refractivity contribution in [2.45, 2.75) is 25.4 Å². The van der Waals surface area contributed by atoms with E-state index in [2.05, 4.69) is 15.3 Å². The number of hydrogen-bond donors (Lipinski definition) is 0. The Balaban J connectivity index is 1.87. The van der Waals surface area contributed by atoms with E-state index in [0.29, 0.717) is 23.4 Å². The molecule has 0 aliphatic rings. The van der Waals surface area contributed by atoms with Gasteiger partial charge >= 0.3 is 0 Å². The fourth-order valence-corrected chi connectivity index (χ4v) is 2.63. The third kappa shape index (κ3) is 2.87. The van der Waals surface area contributed by atoms with Gasteiger partial charge in [-0.15, -0.1) is 16.7 Å². The van der Waals surface area contributed by atoms with Crippen LogP contribution in [0.1, 0.15) is 12.2 Å². The van der Waals surface area contributed by atoms with Gasteiger partial charge in [0.15, 0.2) is 0 Å². The van der Waals surface area contributed by atoms with Crippen LogP contribution in [0.2, 0.25) is 5.02 Å². The molecule has 0 atom stereocenters. The summed E-state index contributed by atoms with van der Waals surface area (Å²) in [7, 11) is 0. The monoisotopic (exact) mass is 327 g/mol. The van der Waals surface area contributed by atoms with Gasteiger partial charge in [-0.25, -0.2) is 9.37 Å². The summed E-state index contributed by atoms with van der Waals surface area (Å²) in [6.07, 6.45) is 4.24. The molecule has 5 nitrogen and oxygen atoms in total. The molecular formula is C13H12Cl2FN5. The first-order chi connectivity index (χ1) is 10.2. The minimum Gasteiger partial charge on any atom is -0.327 e. The van der Waals surface area contributed by atoms with Crippen LogP contribution in [0.5, 0.6) is 0 Å². The molecule has 2 aromatic heterocycles. The van der Waals surface area contributed by atoms with E-state index in [1.165, 1.54) is 12.1 Å². The van der Waals surface area contributed by atoms with Crippen molar-refractivity contribution in [2.24, 2.45) is 0 Å². The average Bonchev–Trinajstić information content (AvgIpc) is 3.08. The third-order valence-corrected chi connectivity index (χ3v) is 3.76. The predicted molar refractivity (Wildman–Crippen MR) is 78.9 cm³/mol. The number of aryl methyl sites for hydroxylation is 2. The maximum atomic E-state index is 13.7. The second-order valence-electron chi connectivity index (χ2n) is 4.59.